The number of carbonyl (C=O) groups is 2. The first-order chi connectivity index (χ1) is 17.6. The summed E-state index contributed by atoms with van der Waals surface area (Å²) in [6, 6.07) is 17.9. The molecule has 0 fully saturated rings. The maximum Gasteiger partial charge on any atom is 0.264 e. The Kier molecular flexibility index (Phi) is 9.84. The normalized spacial score (nSPS) is 12.0. The highest BCUT2D eigenvalue weighted by molar-refractivity contribution is 7.92. The number of nitrogens with one attached hydrogen (secondary N) is 1. The molecule has 2 amide bonds. The second kappa shape index (κ2) is 12.6. The minimum absolute atomic E-state index is 0.0361. The van der Waals surface area contributed by atoms with E-state index in [1.165, 1.54) is 29.2 Å². The Bertz CT molecular complexity index is 1330. The molecule has 1 unspecified atom stereocenters. The van der Waals surface area contributed by atoms with Gasteiger partial charge in [-0.25, -0.2) is 8.42 Å². The van der Waals surface area contributed by atoms with Crippen molar-refractivity contribution >= 4 is 62.3 Å². The lowest BCUT2D eigenvalue weighted by Gasteiger charge is -2.32. The Labute approximate surface area is 232 Å². The Morgan fingerprint density at radius 3 is 2.05 bits per heavy atom. The quantitative estimate of drug-likeness (QED) is 0.347. The van der Waals surface area contributed by atoms with Crippen LogP contribution in [0.25, 0.3) is 0 Å². The molecular formula is C26H26Cl3N3O4S. The Morgan fingerprint density at radius 2 is 1.49 bits per heavy atom. The molecule has 1 N–H and O–H groups in total. The van der Waals surface area contributed by atoms with Crippen molar-refractivity contribution in [1.29, 1.82) is 0 Å². The van der Waals surface area contributed by atoms with E-state index in [9.17, 15) is 18.0 Å². The molecule has 0 saturated heterocycles. The highest BCUT2D eigenvalue weighted by atomic mass is 35.5. The van der Waals surface area contributed by atoms with Gasteiger partial charge in [-0.05, 0) is 62.4 Å². The lowest BCUT2D eigenvalue weighted by atomic mass is 10.1. The molecule has 0 aromatic heterocycles. The monoisotopic (exact) mass is 581 g/mol. The van der Waals surface area contributed by atoms with Crippen molar-refractivity contribution in [3.8, 4) is 0 Å². The van der Waals surface area contributed by atoms with Crippen molar-refractivity contribution in [2.24, 2.45) is 0 Å². The van der Waals surface area contributed by atoms with Gasteiger partial charge in [-0.1, -0.05) is 59.1 Å². The fourth-order valence-electron chi connectivity index (χ4n) is 3.62. The molecule has 0 saturated carbocycles. The van der Waals surface area contributed by atoms with E-state index in [0.29, 0.717) is 27.2 Å². The van der Waals surface area contributed by atoms with Crippen LogP contribution in [0.5, 0.6) is 0 Å². The summed E-state index contributed by atoms with van der Waals surface area (Å²) < 4.78 is 28.3. The van der Waals surface area contributed by atoms with Gasteiger partial charge in [0.05, 0.1) is 10.6 Å². The average Bonchev–Trinajstić information content (AvgIpc) is 2.87. The van der Waals surface area contributed by atoms with Crippen molar-refractivity contribution in [2.45, 2.75) is 31.3 Å². The lowest BCUT2D eigenvalue weighted by Crippen LogP contribution is -2.51. The predicted molar refractivity (Wildman–Crippen MR) is 148 cm³/mol. The number of hydrogen-bond acceptors (Lipinski definition) is 4. The Balaban J connectivity index is 2.04. The van der Waals surface area contributed by atoms with Crippen LogP contribution < -0.4 is 9.62 Å². The zero-order valence-electron chi connectivity index (χ0n) is 20.2. The predicted octanol–water partition coefficient (Wildman–Crippen LogP) is 5.40. The highest BCUT2D eigenvalue weighted by Crippen LogP contribution is 2.28. The van der Waals surface area contributed by atoms with E-state index in [1.54, 1.807) is 62.4 Å². The van der Waals surface area contributed by atoms with E-state index in [2.05, 4.69) is 5.32 Å². The molecular weight excluding hydrogens is 557 g/mol. The molecule has 0 bridgehead atoms. The number of benzene rings is 3. The Hall–Kier alpha value is -2.78. The van der Waals surface area contributed by atoms with Gasteiger partial charge in [-0.15, -0.1) is 0 Å². The fourth-order valence-corrected chi connectivity index (χ4v) is 5.67. The molecule has 0 heterocycles. The maximum absolute atomic E-state index is 13.8. The van der Waals surface area contributed by atoms with E-state index in [0.717, 1.165) is 4.31 Å². The molecule has 37 heavy (non-hydrogen) atoms. The molecule has 7 nitrogen and oxygen atoms in total. The van der Waals surface area contributed by atoms with Crippen molar-refractivity contribution < 1.29 is 18.0 Å². The number of amides is 2. The molecule has 3 aromatic carbocycles. The summed E-state index contributed by atoms with van der Waals surface area (Å²) in [7, 11) is -4.17. The first-order valence-corrected chi connectivity index (χ1v) is 14.0. The van der Waals surface area contributed by atoms with Gasteiger partial charge in [-0.3, -0.25) is 13.9 Å². The third kappa shape index (κ3) is 6.96. The van der Waals surface area contributed by atoms with Gasteiger partial charge in [0.1, 0.15) is 12.6 Å². The Morgan fingerprint density at radius 1 is 0.892 bits per heavy atom. The van der Waals surface area contributed by atoms with Crippen LogP contribution in [0.3, 0.4) is 0 Å². The second-order valence-electron chi connectivity index (χ2n) is 8.09. The van der Waals surface area contributed by atoms with Crippen LogP contribution in [-0.2, 0) is 26.2 Å². The van der Waals surface area contributed by atoms with E-state index in [1.807, 2.05) is 0 Å². The van der Waals surface area contributed by atoms with E-state index in [-0.39, 0.29) is 17.1 Å². The van der Waals surface area contributed by atoms with Crippen molar-refractivity contribution in [1.82, 2.24) is 10.2 Å². The summed E-state index contributed by atoms with van der Waals surface area (Å²) in [4.78, 5) is 27.7. The van der Waals surface area contributed by atoms with Gasteiger partial charge in [0.25, 0.3) is 10.0 Å². The SMILES string of the molecule is CCNC(=O)C(C)N(Cc1c(Cl)cccc1Cl)C(=O)CN(c1ccccc1)S(=O)(=O)c1ccc(Cl)cc1. The zero-order valence-corrected chi connectivity index (χ0v) is 23.3. The van der Waals surface area contributed by atoms with Gasteiger partial charge < -0.3 is 10.2 Å². The summed E-state index contributed by atoms with van der Waals surface area (Å²) in [6.07, 6.45) is 0. The van der Waals surface area contributed by atoms with Crippen LogP contribution in [0.1, 0.15) is 19.4 Å². The van der Waals surface area contributed by atoms with E-state index >= 15 is 0 Å². The number of likely N-dealkylation sites (N-methyl/N-ethyl adjacent to an activating group) is 1. The van der Waals surface area contributed by atoms with E-state index in [4.69, 9.17) is 34.8 Å². The van der Waals surface area contributed by atoms with Gasteiger partial charge in [-0.2, -0.15) is 0 Å². The third-order valence-electron chi connectivity index (χ3n) is 5.63. The molecule has 3 aromatic rings. The average molecular weight is 583 g/mol. The molecule has 196 valence electrons. The molecule has 0 radical (unpaired) electrons. The molecule has 3 rings (SSSR count). The number of sulfonamides is 1. The molecule has 0 aliphatic carbocycles. The first-order valence-electron chi connectivity index (χ1n) is 11.4. The number of halogens is 3. The van der Waals surface area contributed by atoms with Gasteiger partial charge in [0.2, 0.25) is 11.8 Å². The van der Waals surface area contributed by atoms with Gasteiger partial charge in [0.15, 0.2) is 0 Å². The van der Waals surface area contributed by atoms with Crippen molar-refractivity contribution in [3.05, 3.63) is 93.4 Å². The topological polar surface area (TPSA) is 86.8 Å². The third-order valence-corrected chi connectivity index (χ3v) is 8.38. The molecule has 0 aliphatic rings. The summed E-state index contributed by atoms with van der Waals surface area (Å²) in [5.74, 6) is -1.01. The summed E-state index contributed by atoms with van der Waals surface area (Å²) >= 11 is 18.6. The van der Waals surface area contributed by atoms with Crippen LogP contribution in [0.4, 0.5) is 5.69 Å². The van der Waals surface area contributed by atoms with Crippen LogP contribution >= 0.6 is 34.8 Å². The zero-order chi connectivity index (χ0) is 27.2. The summed E-state index contributed by atoms with van der Waals surface area (Å²) in [6.45, 7) is 3.02. The maximum atomic E-state index is 13.8. The van der Waals surface area contributed by atoms with Crippen LogP contribution in [-0.4, -0.2) is 44.3 Å². The number of anilines is 1. The molecule has 0 spiro atoms. The summed E-state index contributed by atoms with van der Waals surface area (Å²) in [5, 5.41) is 3.72. The number of rotatable bonds is 10. The van der Waals surface area contributed by atoms with Crippen LogP contribution in [0.15, 0.2) is 77.7 Å². The minimum Gasteiger partial charge on any atom is -0.355 e. The first kappa shape index (κ1) is 28.8. The smallest absolute Gasteiger partial charge is 0.264 e. The highest BCUT2D eigenvalue weighted by Gasteiger charge is 2.33. The number of nitrogens with zero attached hydrogens (tertiary/aromatic N) is 2. The molecule has 0 aliphatic heterocycles. The summed E-state index contributed by atoms with van der Waals surface area (Å²) in [5.41, 5.74) is 0.731. The number of carbonyl (C=O) groups excluding carboxylic acids is 2. The van der Waals surface area contributed by atoms with Crippen molar-refractivity contribution in [3.63, 3.8) is 0 Å². The van der Waals surface area contributed by atoms with Crippen molar-refractivity contribution in [2.75, 3.05) is 17.4 Å². The second-order valence-corrected chi connectivity index (χ2v) is 11.2. The minimum atomic E-state index is -4.17. The van der Waals surface area contributed by atoms with Gasteiger partial charge >= 0.3 is 0 Å². The van der Waals surface area contributed by atoms with E-state index < -0.39 is 34.4 Å². The largest absolute Gasteiger partial charge is 0.355 e. The van der Waals surface area contributed by atoms with Gasteiger partial charge in [0, 0.05) is 33.7 Å². The molecule has 1 atom stereocenters. The fraction of sp³-hybridized carbons (Fsp3) is 0.231. The van der Waals surface area contributed by atoms with Crippen LogP contribution in [0.2, 0.25) is 15.1 Å². The lowest BCUT2D eigenvalue weighted by molar-refractivity contribution is -0.139. The number of para-hydroxylation sites is 1. The molecule has 11 heteroatoms. The standard InChI is InChI=1S/C26H26Cl3N3O4S/c1-3-30-26(34)18(2)31(16-22-23(28)10-7-11-24(22)29)25(33)17-32(20-8-5-4-6-9-20)37(35,36)21-14-12-19(27)13-15-21/h4-15,18H,3,16-17H2,1-2H3,(H,30,34). The van der Waals surface area contributed by atoms with Crippen LogP contribution in [0, 0.1) is 0 Å². The number of hydrogen-bond donors (Lipinski definition) is 1.